The van der Waals surface area contributed by atoms with Crippen LogP contribution in [0.3, 0.4) is 0 Å². The van der Waals surface area contributed by atoms with Crippen LogP contribution in [0, 0.1) is 6.10 Å². The number of alkyl halides is 1. The van der Waals surface area contributed by atoms with Crippen LogP contribution >= 0.6 is 15.9 Å². The molecule has 0 spiro atoms. The van der Waals surface area contributed by atoms with E-state index in [0.29, 0.717) is 11.4 Å². The van der Waals surface area contributed by atoms with Gasteiger partial charge in [-0.25, -0.2) is 0 Å². The molecule has 0 aliphatic heterocycles. The first-order valence-electron chi connectivity index (χ1n) is 1.34. The Hall–Kier alpha value is 0.440. The van der Waals surface area contributed by atoms with Crippen molar-refractivity contribution in [2.45, 2.75) is 6.92 Å². The van der Waals surface area contributed by atoms with E-state index >= 15 is 0 Å². The van der Waals surface area contributed by atoms with E-state index in [4.69, 9.17) is 5.11 Å². The van der Waals surface area contributed by atoms with Crippen LogP contribution in [0.25, 0.3) is 0 Å². The minimum atomic E-state index is 0.421. The second-order valence-electron chi connectivity index (χ2n) is 0.869. The van der Waals surface area contributed by atoms with Crippen molar-refractivity contribution in [3.05, 3.63) is 6.10 Å². The predicted octanol–water partition coefficient (Wildman–Crippen LogP) is 1.31. The highest BCUT2D eigenvalue weighted by atomic mass is 79.9. The van der Waals surface area contributed by atoms with E-state index in [1.165, 1.54) is 0 Å². The van der Waals surface area contributed by atoms with Gasteiger partial charge in [-0.2, -0.15) is 0 Å². The molecule has 0 amide bonds. The average molecular weight is 138 g/mol. The van der Waals surface area contributed by atoms with E-state index < -0.39 is 0 Å². The molecule has 0 saturated heterocycles. The summed E-state index contributed by atoms with van der Waals surface area (Å²) in [5, 5.41) is 8.82. The van der Waals surface area contributed by atoms with Crippen LogP contribution in [-0.2, 0) is 0 Å². The van der Waals surface area contributed by atoms with Gasteiger partial charge in [-0.15, -0.1) is 0 Å². The number of hydrogen-bond acceptors (Lipinski definition) is 1. The van der Waals surface area contributed by atoms with Crippen molar-refractivity contribution in [3.63, 3.8) is 0 Å². The fraction of sp³-hybridized carbons (Fsp3) is 0.667. The summed E-state index contributed by atoms with van der Waals surface area (Å²) in [6.07, 6.45) is 0.421. The molecule has 0 aliphatic rings. The Morgan fingerprint density at radius 2 is 2.20 bits per heavy atom. The Morgan fingerprint density at radius 1 is 2.00 bits per heavy atom. The number of hydrogen-bond donors (Lipinski definition) is 1. The smallest absolute Gasteiger partial charge is 0.101 e. The lowest BCUT2D eigenvalue weighted by atomic mass is 10.5. The van der Waals surface area contributed by atoms with Gasteiger partial charge >= 0.3 is 0 Å². The third-order valence-corrected chi connectivity index (χ3v) is 1.00. The second kappa shape index (κ2) is 2.67. The number of aliphatic hydroxyl groups excluding tert-OH is 1. The molecule has 1 radical (unpaired) electrons. The SMILES string of the molecule is C[C](O)CBr. The summed E-state index contributed by atoms with van der Waals surface area (Å²) in [4.78, 5) is 0. The standard InChI is InChI=1S/C3H6BrO/c1-3(5)2-4/h5H,2H2,1H3. The molecule has 0 rings (SSSR count). The molecule has 2 heteroatoms. The van der Waals surface area contributed by atoms with Crippen LogP contribution in [0.1, 0.15) is 6.92 Å². The molecule has 0 aromatic rings. The van der Waals surface area contributed by atoms with Gasteiger partial charge in [0, 0.05) is 5.33 Å². The largest absolute Gasteiger partial charge is 0.386 e. The van der Waals surface area contributed by atoms with E-state index in [2.05, 4.69) is 15.9 Å². The monoisotopic (exact) mass is 137 g/mol. The highest BCUT2D eigenvalue weighted by Gasteiger charge is 1.85. The number of rotatable bonds is 1. The summed E-state index contributed by atoms with van der Waals surface area (Å²) < 4.78 is 0. The number of aliphatic hydroxyl groups is 1. The van der Waals surface area contributed by atoms with E-state index in [9.17, 15) is 0 Å². The zero-order valence-corrected chi connectivity index (χ0v) is 4.62. The lowest BCUT2D eigenvalue weighted by molar-refractivity contribution is 0.330. The summed E-state index contributed by atoms with van der Waals surface area (Å²) >= 11 is 3.03. The Morgan fingerprint density at radius 3 is 2.20 bits per heavy atom. The molecule has 0 aromatic carbocycles. The van der Waals surface area contributed by atoms with Crippen LogP contribution in [0.2, 0.25) is 0 Å². The summed E-state index contributed by atoms with van der Waals surface area (Å²) in [5.74, 6) is 0. The minimum Gasteiger partial charge on any atom is -0.386 e. The van der Waals surface area contributed by atoms with Crippen molar-refractivity contribution in [2.75, 3.05) is 5.33 Å². The summed E-state index contributed by atoms with van der Waals surface area (Å²) in [6.45, 7) is 1.65. The molecule has 0 bridgehead atoms. The molecule has 0 fully saturated rings. The maximum absolute atomic E-state index is 8.23. The third-order valence-electron chi connectivity index (χ3n) is 0.193. The van der Waals surface area contributed by atoms with Gasteiger partial charge in [0.2, 0.25) is 0 Å². The first-order chi connectivity index (χ1) is 2.27. The van der Waals surface area contributed by atoms with E-state index in [1.54, 1.807) is 6.92 Å². The first kappa shape index (κ1) is 5.44. The van der Waals surface area contributed by atoms with Gasteiger partial charge in [-0.3, -0.25) is 0 Å². The Balaban J connectivity index is 2.54. The van der Waals surface area contributed by atoms with Crippen molar-refractivity contribution >= 4 is 15.9 Å². The van der Waals surface area contributed by atoms with Gasteiger partial charge in [0.1, 0.15) is 6.10 Å². The molecule has 0 unspecified atom stereocenters. The molecule has 5 heavy (non-hydrogen) atoms. The van der Waals surface area contributed by atoms with E-state index in [0.717, 1.165) is 0 Å². The molecule has 0 saturated carbocycles. The van der Waals surface area contributed by atoms with Crippen LogP contribution in [0.5, 0.6) is 0 Å². The zero-order valence-electron chi connectivity index (χ0n) is 3.03. The van der Waals surface area contributed by atoms with Crippen LogP contribution in [0.4, 0.5) is 0 Å². The van der Waals surface area contributed by atoms with Crippen LogP contribution in [-0.4, -0.2) is 10.4 Å². The van der Waals surface area contributed by atoms with E-state index in [-0.39, 0.29) is 0 Å². The molecule has 0 aromatic heterocycles. The highest BCUT2D eigenvalue weighted by Crippen LogP contribution is 1.93. The van der Waals surface area contributed by atoms with Gasteiger partial charge in [-0.1, -0.05) is 15.9 Å². The first-order valence-corrected chi connectivity index (χ1v) is 2.47. The fourth-order valence-electron chi connectivity index (χ4n) is 0. The molecular formula is C3H6BrO. The average Bonchev–Trinajstić information content (AvgIpc) is 1.38. The van der Waals surface area contributed by atoms with Crippen LogP contribution < -0.4 is 0 Å². The molecule has 1 nitrogen and oxygen atoms in total. The van der Waals surface area contributed by atoms with Crippen molar-refractivity contribution in [3.8, 4) is 0 Å². The molecule has 0 heterocycles. The van der Waals surface area contributed by atoms with E-state index in [1.807, 2.05) is 0 Å². The second-order valence-corrected chi connectivity index (χ2v) is 1.43. The van der Waals surface area contributed by atoms with Gasteiger partial charge in [0.05, 0.1) is 0 Å². The van der Waals surface area contributed by atoms with Crippen molar-refractivity contribution < 1.29 is 5.11 Å². The quantitative estimate of drug-likeness (QED) is 0.541. The molecule has 31 valence electrons. The Kier molecular flexibility index (Phi) is 2.90. The summed E-state index contributed by atoms with van der Waals surface area (Å²) in [6, 6.07) is 0. The predicted molar refractivity (Wildman–Crippen MR) is 24.6 cm³/mol. The van der Waals surface area contributed by atoms with Gasteiger partial charge in [0.25, 0.3) is 0 Å². The molecule has 0 aliphatic carbocycles. The van der Waals surface area contributed by atoms with Gasteiger partial charge < -0.3 is 5.11 Å². The number of halogens is 1. The highest BCUT2D eigenvalue weighted by molar-refractivity contribution is 9.09. The fourth-order valence-corrected chi connectivity index (χ4v) is 0. The molecule has 0 atom stereocenters. The molecular weight excluding hydrogens is 132 g/mol. The maximum Gasteiger partial charge on any atom is 0.101 e. The topological polar surface area (TPSA) is 20.2 Å². The zero-order chi connectivity index (χ0) is 4.28. The summed E-state index contributed by atoms with van der Waals surface area (Å²) in [5.41, 5.74) is 0. The van der Waals surface area contributed by atoms with Crippen molar-refractivity contribution in [1.82, 2.24) is 0 Å². The summed E-state index contributed by atoms with van der Waals surface area (Å²) in [7, 11) is 0. The lowest BCUT2D eigenvalue weighted by Gasteiger charge is -1.87. The molecule has 1 N–H and O–H groups in total. The Labute approximate surface area is 40.1 Å². The lowest BCUT2D eigenvalue weighted by Crippen LogP contribution is -1.85. The van der Waals surface area contributed by atoms with Crippen molar-refractivity contribution in [2.24, 2.45) is 0 Å². The van der Waals surface area contributed by atoms with Crippen LogP contribution in [0.15, 0.2) is 0 Å². The van der Waals surface area contributed by atoms with Gasteiger partial charge in [-0.05, 0) is 6.92 Å². The minimum absolute atomic E-state index is 0.421. The normalized spacial score (nSPS) is 9.60. The third kappa shape index (κ3) is 4.44. The maximum atomic E-state index is 8.23. The van der Waals surface area contributed by atoms with Gasteiger partial charge in [0.15, 0.2) is 0 Å². The van der Waals surface area contributed by atoms with Crippen molar-refractivity contribution in [1.29, 1.82) is 0 Å². The Bertz CT molecular complexity index is 20.9.